The quantitative estimate of drug-likeness (QED) is 0.499. The van der Waals surface area contributed by atoms with Crippen molar-refractivity contribution in [2.24, 2.45) is 10.9 Å². The van der Waals surface area contributed by atoms with Gasteiger partial charge in [-0.25, -0.2) is 4.39 Å². The zero-order valence-electron chi connectivity index (χ0n) is 11.6. The minimum Gasteiger partial charge on any atom is -0.353 e. The SMILES string of the molecule is CN=C(NC1CC1C)N(C)Cc1ccc(F)cc1.I. The second kappa shape index (κ2) is 7.07. The molecular formula is C14H21FIN3. The van der Waals surface area contributed by atoms with Crippen LogP contribution in [0.3, 0.4) is 0 Å². The van der Waals surface area contributed by atoms with Crippen LogP contribution < -0.4 is 5.32 Å². The molecule has 1 N–H and O–H groups in total. The van der Waals surface area contributed by atoms with Crippen LogP contribution in [-0.2, 0) is 6.54 Å². The Morgan fingerprint density at radius 3 is 2.47 bits per heavy atom. The summed E-state index contributed by atoms with van der Waals surface area (Å²) in [6.45, 7) is 2.95. The van der Waals surface area contributed by atoms with Crippen LogP contribution in [0.4, 0.5) is 4.39 Å². The topological polar surface area (TPSA) is 27.6 Å². The van der Waals surface area contributed by atoms with Gasteiger partial charge in [0.15, 0.2) is 5.96 Å². The van der Waals surface area contributed by atoms with Gasteiger partial charge in [-0.2, -0.15) is 0 Å². The molecule has 1 aliphatic carbocycles. The van der Waals surface area contributed by atoms with E-state index in [1.54, 1.807) is 19.2 Å². The second-order valence-corrected chi connectivity index (χ2v) is 4.99. The normalized spacial score (nSPS) is 21.6. The van der Waals surface area contributed by atoms with Crippen molar-refractivity contribution in [3.8, 4) is 0 Å². The average Bonchev–Trinajstić information content (AvgIpc) is 3.05. The summed E-state index contributed by atoms with van der Waals surface area (Å²) in [5, 5.41) is 3.42. The van der Waals surface area contributed by atoms with Crippen LogP contribution in [-0.4, -0.2) is 31.0 Å². The first kappa shape index (κ1) is 16.2. The van der Waals surface area contributed by atoms with Crippen molar-refractivity contribution in [1.29, 1.82) is 0 Å². The van der Waals surface area contributed by atoms with E-state index in [1.165, 1.54) is 18.6 Å². The first-order valence-electron chi connectivity index (χ1n) is 6.29. The van der Waals surface area contributed by atoms with Crippen molar-refractivity contribution < 1.29 is 4.39 Å². The predicted molar refractivity (Wildman–Crippen MR) is 87.3 cm³/mol. The maximum Gasteiger partial charge on any atom is 0.193 e. The molecule has 2 rings (SSSR count). The highest BCUT2D eigenvalue weighted by Gasteiger charge is 2.33. The van der Waals surface area contributed by atoms with Gasteiger partial charge in [0.25, 0.3) is 0 Å². The molecule has 1 aliphatic rings. The summed E-state index contributed by atoms with van der Waals surface area (Å²) < 4.78 is 12.8. The van der Waals surface area contributed by atoms with Crippen molar-refractivity contribution >= 4 is 29.9 Å². The number of hydrogen-bond acceptors (Lipinski definition) is 1. The minimum absolute atomic E-state index is 0. The monoisotopic (exact) mass is 377 g/mol. The Bertz CT molecular complexity index is 433. The average molecular weight is 377 g/mol. The molecule has 2 atom stereocenters. The van der Waals surface area contributed by atoms with E-state index >= 15 is 0 Å². The molecule has 0 bridgehead atoms. The van der Waals surface area contributed by atoms with E-state index in [2.05, 4.69) is 22.1 Å². The summed E-state index contributed by atoms with van der Waals surface area (Å²) in [7, 11) is 3.78. The number of halogens is 2. The third-order valence-electron chi connectivity index (χ3n) is 3.33. The van der Waals surface area contributed by atoms with E-state index in [0.29, 0.717) is 6.04 Å². The Morgan fingerprint density at radius 1 is 1.42 bits per heavy atom. The first-order valence-corrected chi connectivity index (χ1v) is 6.29. The van der Waals surface area contributed by atoms with Crippen LogP contribution in [0.2, 0.25) is 0 Å². The van der Waals surface area contributed by atoms with Crippen LogP contribution >= 0.6 is 24.0 Å². The van der Waals surface area contributed by atoms with E-state index in [4.69, 9.17) is 0 Å². The highest BCUT2D eigenvalue weighted by atomic mass is 127. The fourth-order valence-electron chi connectivity index (χ4n) is 1.97. The third kappa shape index (κ3) is 4.63. The fraction of sp³-hybridized carbons (Fsp3) is 0.500. The fourth-order valence-corrected chi connectivity index (χ4v) is 1.97. The molecule has 19 heavy (non-hydrogen) atoms. The lowest BCUT2D eigenvalue weighted by atomic mass is 10.2. The van der Waals surface area contributed by atoms with Gasteiger partial charge < -0.3 is 10.2 Å². The molecule has 0 radical (unpaired) electrons. The van der Waals surface area contributed by atoms with Crippen molar-refractivity contribution in [1.82, 2.24) is 10.2 Å². The predicted octanol–water partition coefficient (Wildman–Crippen LogP) is 2.86. The molecule has 2 unspecified atom stereocenters. The molecule has 5 heteroatoms. The second-order valence-electron chi connectivity index (χ2n) is 4.99. The highest BCUT2D eigenvalue weighted by molar-refractivity contribution is 14.0. The van der Waals surface area contributed by atoms with Crippen LogP contribution in [0.1, 0.15) is 18.9 Å². The van der Waals surface area contributed by atoms with Crippen LogP contribution in [0, 0.1) is 11.7 Å². The maximum atomic E-state index is 12.8. The molecule has 0 amide bonds. The lowest BCUT2D eigenvalue weighted by Gasteiger charge is -2.22. The van der Waals surface area contributed by atoms with E-state index in [1.807, 2.05) is 7.05 Å². The number of hydrogen-bond donors (Lipinski definition) is 1. The zero-order chi connectivity index (χ0) is 13.1. The summed E-state index contributed by atoms with van der Waals surface area (Å²) in [6, 6.07) is 7.14. The molecule has 0 aliphatic heterocycles. The number of nitrogens with one attached hydrogen (secondary N) is 1. The Hall–Kier alpha value is -0.850. The van der Waals surface area contributed by atoms with Gasteiger partial charge >= 0.3 is 0 Å². The van der Waals surface area contributed by atoms with Crippen molar-refractivity contribution in [3.63, 3.8) is 0 Å². The molecule has 1 aromatic carbocycles. The van der Waals surface area contributed by atoms with E-state index in [-0.39, 0.29) is 29.8 Å². The van der Waals surface area contributed by atoms with Crippen molar-refractivity contribution in [2.45, 2.75) is 25.9 Å². The summed E-state index contributed by atoms with van der Waals surface area (Å²) in [5.41, 5.74) is 1.07. The smallest absolute Gasteiger partial charge is 0.193 e. The van der Waals surface area contributed by atoms with Gasteiger partial charge in [0.1, 0.15) is 5.82 Å². The molecule has 0 spiro atoms. The molecule has 1 fully saturated rings. The van der Waals surface area contributed by atoms with Crippen molar-refractivity contribution in [2.75, 3.05) is 14.1 Å². The largest absolute Gasteiger partial charge is 0.353 e. The van der Waals surface area contributed by atoms with Gasteiger partial charge in [0.2, 0.25) is 0 Å². The molecule has 0 aromatic heterocycles. The Labute approximate surface area is 131 Å². The standard InChI is InChI=1S/C14H20FN3.HI/c1-10-8-13(10)17-14(16-2)18(3)9-11-4-6-12(15)7-5-11;/h4-7,10,13H,8-9H2,1-3H3,(H,16,17);1H. The zero-order valence-corrected chi connectivity index (χ0v) is 13.9. The van der Waals surface area contributed by atoms with Gasteiger partial charge in [-0.15, -0.1) is 24.0 Å². The van der Waals surface area contributed by atoms with Crippen LogP contribution in [0.5, 0.6) is 0 Å². The van der Waals surface area contributed by atoms with E-state index in [9.17, 15) is 4.39 Å². The van der Waals surface area contributed by atoms with E-state index < -0.39 is 0 Å². The lowest BCUT2D eigenvalue weighted by Crippen LogP contribution is -2.40. The van der Waals surface area contributed by atoms with Crippen molar-refractivity contribution in [3.05, 3.63) is 35.6 Å². The Kier molecular flexibility index (Phi) is 6.03. The Balaban J connectivity index is 0.00000180. The van der Waals surface area contributed by atoms with Gasteiger partial charge in [-0.3, -0.25) is 4.99 Å². The highest BCUT2D eigenvalue weighted by Crippen LogP contribution is 2.29. The van der Waals surface area contributed by atoms with E-state index in [0.717, 1.165) is 24.0 Å². The lowest BCUT2D eigenvalue weighted by molar-refractivity contribution is 0.474. The number of aliphatic imine (C=N–C) groups is 1. The summed E-state index contributed by atoms with van der Waals surface area (Å²) >= 11 is 0. The first-order chi connectivity index (χ1) is 8.60. The summed E-state index contributed by atoms with van der Waals surface area (Å²) in [5.74, 6) is 1.44. The number of benzene rings is 1. The number of rotatable bonds is 3. The molecule has 106 valence electrons. The summed E-state index contributed by atoms with van der Waals surface area (Å²) in [4.78, 5) is 6.33. The maximum absolute atomic E-state index is 12.8. The molecular weight excluding hydrogens is 356 g/mol. The van der Waals surface area contributed by atoms with Gasteiger partial charge in [0.05, 0.1) is 0 Å². The van der Waals surface area contributed by atoms with Crippen LogP contribution in [0.15, 0.2) is 29.3 Å². The molecule has 1 saturated carbocycles. The number of guanidine groups is 1. The molecule has 0 heterocycles. The molecule has 3 nitrogen and oxygen atoms in total. The summed E-state index contributed by atoms with van der Waals surface area (Å²) in [6.07, 6.45) is 1.21. The van der Waals surface area contributed by atoms with Gasteiger partial charge in [-0.05, 0) is 30.0 Å². The van der Waals surface area contributed by atoms with Gasteiger partial charge in [-0.1, -0.05) is 19.1 Å². The minimum atomic E-state index is -0.198. The Morgan fingerprint density at radius 2 is 2.00 bits per heavy atom. The molecule has 1 aromatic rings. The van der Waals surface area contributed by atoms with Gasteiger partial charge in [0, 0.05) is 26.7 Å². The number of nitrogens with zero attached hydrogens (tertiary/aromatic N) is 2. The van der Waals surface area contributed by atoms with Crippen LogP contribution in [0.25, 0.3) is 0 Å². The third-order valence-corrected chi connectivity index (χ3v) is 3.33. The molecule has 0 saturated heterocycles.